The Bertz CT molecular complexity index is 437. The van der Waals surface area contributed by atoms with Gasteiger partial charge in [0, 0.05) is 10.0 Å². The highest BCUT2D eigenvalue weighted by molar-refractivity contribution is 9.10. The first-order chi connectivity index (χ1) is 5.96. The lowest BCUT2D eigenvalue weighted by molar-refractivity contribution is 0.483. The Hall–Kier alpha value is -0.650. The van der Waals surface area contributed by atoms with Gasteiger partial charge in [-0.05, 0) is 12.1 Å². The molecule has 0 amide bonds. The van der Waals surface area contributed by atoms with Crippen LogP contribution in [0.5, 0.6) is 0 Å². The van der Waals surface area contributed by atoms with Crippen LogP contribution in [0.15, 0.2) is 34.1 Å². The standard InChI is InChI=1S/C8H7BrO3S/c1-2-6-7(9)4-3-5-8(6)13(10,11)12/h2-5H,1H2,(H,10,11,12). The van der Waals surface area contributed by atoms with Gasteiger partial charge in [-0.3, -0.25) is 4.55 Å². The summed E-state index contributed by atoms with van der Waals surface area (Å²) in [4.78, 5) is -0.142. The molecule has 0 fully saturated rings. The summed E-state index contributed by atoms with van der Waals surface area (Å²) in [6, 6.07) is 4.52. The zero-order valence-electron chi connectivity index (χ0n) is 6.57. The van der Waals surface area contributed by atoms with E-state index in [1.165, 1.54) is 18.2 Å². The van der Waals surface area contributed by atoms with E-state index in [1.807, 2.05) is 0 Å². The molecule has 0 aromatic heterocycles. The van der Waals surface area contributed by atoms with Crippen molar-refractivity contribution in [1.82, 2.24) is 0 Å². The van der Waals surface area contributed by atoms with Gasteiger partial charge in [-0.15, -0.1) is 0 Å². The molecule has 1 aromatic rings. The van der Waals surface area contributed by atoms with Crippen molar-refractivity contribution >= 4 is 32.1 Å². The van der Waals surface area contributed by atoms with E-state index in [0.29, 0.717) is 10.0 Å². The van der Waals surface area contributed by atoms with Gasteiger partial charge in [0.25, 0.3) is 10.1 Å². The van der Waals surface area contributed by atoms with E-state index < -0.39 is 10.1 Å². The number of benzene rings is 1. The summed E-state index contributed by atoms with van der Waals surface area (Å²) in [7, 11) is -4.17. The fraction of sp³-hybridized carbons (Fsp3) is 0. The molecule has 0 unspecified atom stereocenters. The largest absolute Gasteiger partial charge is 0.295 e. The summed E-state index contributed by atoms with van der Waals surface area (Å²) in [6.07, 6.45) is 1.37. The third-order valence-corrected chi connectivity index (χ3v) is 3.10. The molecule has 0 aliphatic rings. The Labute approximate surface area is 85.0 Å². The monoisotopic (exact) mass is 262 g/mol. The molecule has 3 nitrogen and oxygen atoms in total. The van der Waals surface area contributed by atoms with E-state index in [9.17, 15) is 8.42 Å². The zero-order chi connectivity index (χ0) is 10.1. The van der Waals surface area contributed by atoms with E-state index in [0.717, 1.165) is 0 Å². The van der Waals surface area contributed by atoms with Crippen LogP contribution in [0.1, 0.15) is 5.56 Å². The average molecular weight is 263 g/mol. The average Bonchev–Trinajstić information content (AvgIpc) is 2.02. The first-order valence-corrected chi connectivity index (χ1v) is 5.58. The zero-order valence-corrected chi connectivity index (χ0v) is 8.97. The van der Waals surface area contributed by atoms with Gasteiger partial charge >= 0.3 is 0 Å². The van der Waals surface area contributed by atoms with Crippen molar-refractivity contribution < 1.29 is 13.0 Å². The maximum Gasteiger partial charge on any atom is 0.295 e. The molecule has 0 aliphatic heterocycles. The fourth-order valence-corrected chi connectivity index (χ4v) is 2.32. The van der Waals surface area contributed by atoms with E-state index in [2.05, 4.69) is 22.5 Å². The highest BCUT2D eigenvalue weighted by Crippen LogP contribution is 2.24. The molecular formula is C8H7BrO3S. The summed E-state index contributed by atoms with van der Waals surface area (Å²) in [5.41, 5.74) is 0.366. The van der Waals surface area contributed by atoms with Crippen molar-refractivity contribution in [3.05, 3.63) is 34.8 Å². The van der Waals surface area contributed by atoms with Crippen molar-refractivity contribution in [3.63, 3.8) is 0 Å². The lowest BCUT2D eigenvalue weighted by atomic mass is 10.2. The molecule has 0 saturated carbocycles. The maximum absolute atomic E-state index is 10.9. The van der Waals surface area contributed by atoms with E-state index in [1.54, 1.807) is 6.07 Å². The smallest absolute Gasteiger partial charge is 0.282 e. The maximum atomic E-state index is 10.9. The molecule has 5 heteroatoms. The summed E-state index contributed by atoms with van der Waals surface area (Å²) < 4.78 is 31.1. The predicted octanol–water partition coefficient (Wildman–Crippen LogP) is 2.34. The molecule has 0 atom stereocenters. The van der Waals surface area contributed by atoms with Crippen molar-refractivity contribution in [2.75, 3.05) is 0 Å². The minimum absolute atomic E-state index is 0.142. The van der Waals surface area contributed by atoms with Crippen LogP contribution >= 0.6 is 15.9 Å². The van der Waals surface area contributed by atoms with Crippen LogP contribution in [0.4, 0.5) is 0 Å². The number of hydrogen-bond donors (Lipinski definition) is 1. The first kappa shape index (κ1) is 10.4. The van der Waals surface area contributed by atoms with Gasteiger partial charge in [0.2, 0.25) is 0 Å². The normalized spacial score (nSPS) is 11.2. The number of rotatable bonds is 2. The molecule has 0 spiro atoms. The van der Waals surface area contributed by atoms with Crippen LogP contribution in [0.3, 0.4) is 0 Å². The third kappa shape index (κ3) is 2.18. The van der Waals surface area contributed by atoms with Gasteiger partial charge in [-0.2, -0.15) is 8.42 Å². The lowest BCUT2D eigenvalue weighted by Crippen LogP contribution is -2.00. The molecule has 1 aromatic carbocycles. The van der Waals surface area contributed by atoms with Gasteiger partial charge < -0.3 is 0 Å². The summed E-state index contributed by atoms with van der Waals surface area (Å²) in [5.74, 6) is 0. The lowest BCUT2D eigenvalue weighted by Gasteiger charge is -2.03. The SMILES string of the molecule is C=Cc1c(Br)cccc1S(=O)(=O)O. The molecule has 0 saturated heterocycles. The molecule has 1 rings (SSSR count). The van der Waals surface area contributed by atoms with Gasteiger partial charge in [-0.1, -0.05) is 34.7 Å². The Kier molecular flexibility index (Phi) is 2.90. The van der Waals surface area contributed by atoms with Gasteiger partial charge in [-0.25, -0.2) is 0 Å². The van der Waals surface area contributed by atoms with Crippen molar-refractivity contribution in [1.29, 1.82) is 0 Å². The predicted molar refractivity (Wildman–Crippen MR) is 54.0 cm³/mol. The van der Waals surface area contributed by atoms with Crippen LogP contribution in [0.2, 0.25) is 0 Å². The molecule has 13 heavy (non-hydrogen) atoms. The van der Waals surface area contributed by atoms with E-state index >= 15 is 0 Å². The Morgan fingerprint density at radius 1 is 1.46 bits per heavy atom. The van der Waals surface area contributed by atoms with Crippen molar-refractivity contribution in [2.24, 2.45) is 0 Å². The van der Waals surface area contributed by atoms with Crippen LogP contribution in [0.25, 0.3) is 6.08 Å². The Balaban J connectivity index is 3.56. The fourth-order valence-electron chi connectivity index (χ4n) is 0.940. The minimum Gasteiger partial charge on any atom is -0.282 e. The van der Waals surface area contributed by atoms with E-state index in [4.69, 9.17) is 4.55 Å². The molecule has 0 aliphatic carbocycles. The second-order valence-corrected chi connectivity index (χ2v) is 4.58. The summed E-state index contributed by atoms with van der Waals surface area (Å²) in [5, 5.41) is 0. The Morgan fingerprint density at radius 3 is 2.46 bits per heavy atom. The quantitative estimate of drug-likeness (QED) is 0.833. The van der Waals surface area contributed by atoms with Crippen molar-refractivity contribution in [2.45, 2.75) is 4.90 Å². The second kappa shape index (κ2) is 3.61. The van der Waals surface area contributed by atoms with E-state index in [-0.39, 0.29) is 4.90 Å². The number of hydrogen-bond acceptors (Lipinski definition) is 2. The van der Waals surface area contributed by atoms with Crippen LogP contribution in [-0.2, 0) is 10.1 Å². The summed E-state index contributed by atoms with van der Waals surface area (Å²) in [6.45, 7) is 3.46. The molecule has 0 heterocycles. The minimum atomic E-state index is -4.17. The van der Waals surface area contributed by atoms with Crippen LogP contribution in [0, 0.1) is 0 Å². The molecule has 0 bridgehead atoms. The molecular weight excluding hydrogens is 256 g/mol. The second-order valence-electron chi connectivity index (χ2n) is 2.33. The van der Waals surface area contributed by atoms with Gasteiger partial charge in [0.1, 0.15) is 4.90 Å². The first-order valence-electron chi connectivity index (χ1n) is 3.35. The number of halogens is 1. The van der Waals surface area contributed by atoms with Gasteiger partial charge in [0.05, 0.1) is 0 Å². The van der Waals surface area contributed by atoms with Crippen LogP contribution in [-0.4, -0.2) is 13.0 Å². The van der Waals surface area contributed by atoms with Crippen molar-refractivity contribution in [3.8, 4) is 0 Å². The Morgan fingerprint density at radius 2 is 2.08 bits per heavy atom. The topological polar surface area (TPSA) is 54.4 Å². The molecule has 0 radical (unpaired) electrons. The molecule has 70 valence electrons. The summed E-state index contributed by atoms with van der Waals surface area (Å²) >= 11 is 3.15. The highest BCUT2D eigenvalue weighted by Gasteiger charge is 2.14. The third-order valence-electron chi connectivity index (χ3n) is 1.49. The molecule has 1 N–H and O–H groups in total. The van der Waals surface area contributed by atoms with Crippen LogP contribution < -0.4 is 0 Å². The highest BCUT2D eigenvalue weighted by atomic mass is 79.9. The van der Waals surface area contributed by atoms with Gasteiger partial charge in [0.15, 0.2) is 0 Å².